The number of carbonyl (C=O) groups is 2. The highest BCUT2D eigenvalue weighted by molar-refractivity contribution is 5.90. The minimum absolute atomic E-state index is 0.0833. The van der Waals surface area contributed by atoms with Crippen LogP contribution in [0.3, 0.4) is 0 Å². The second-order valence-electron chi connectivity index (χ2n) is 3.61. The second-order valence-corrected chi connectivity index (χ2v) is 3.61. The number of aromatic hydroxyl groups is 1. The van der Waals surface area contributed by atoms with Gasteiger partial charge in [-0.3, -0.25) is 14.9 Å². The molecular formula is C13H17NO7. The largest absolute Gasteiger partial charge is 0.502 e. The van der Waals surface area contributed by atoms with E-state index in [-0.39, 0.29) is 18.1 Å². The molecule has 0 spiro atoms. The van der Waals surface area contributed by atoms with E-state index in [1.54, 1.807) is 13.8 Å². The van der Waals surface area contributed by atoms with E-state index in [0.29, 0.717) is 6.61 Å². The van der Waals surface area contributed by atoms with Gasteiger partial charge in [-0.25, -0.2) is 4.79 Å². The van der Waals surface area contributed by atoms with Crippen LogP contribution in [0.25, 0.3) is 0 Å². The molecule has 1 aromatic rings. The maximum atomic E-state index is 11.2. The lowest BCUT2D eigenvalue weighted by Crippen LogP contribution is -2.04. The average molecular weight is 299 g/mol. The number of phenolic OH excluding ortho intramolecular Hbond substituents is 1. The molecule has 116 valence electrons. The second kappa shape index (κ2) is 9.29. The molecular weight excluding hydrogens is 282 g/mol. The summed E-state index contributed by atoms with van der Waals surface area (Å²) in [6.45, 7) is 5.50. The molecule has 0 aromatic heterocycles. The first-order valence-electron chi connectivity index (χ1n) is 6.11. The van der Waals surface area contributed by atoms with Crippen LogP contribution in [0.4, 0.5) is 5.69 Å². The first-order valence-corrected chi connectivity index (χ1v) is 6.11. The SMILES string of the molecule is CCOC(=O)c1ccc([N+](=O)[O-])c(O)c1.CCOC(C)=O. The smallest absolute Gasteiger partial charge is 0.338 e. The number of carbonyl (C=O) groups excluding carboxylic acids is 2. The van der Waals surface area contributed by atoms with Gasteiger partial charge in [-0.05, 0) is 19.9 Å². The molecule has 1 rings (SSSR count). The Morgan fingerprint density at radius 1 is 1.24 bits per heavy atom. The van der Waals surface area contributed by atoms with Crippen molar-refractivity contribution in [3.63, 3.8) is 0 Å². The summed E-state index contributed by atoms with van der Waals surface area (Å²) in [5.74, 6) is -1.38. The fourth-order valence-corrected chi connectivity index (χ4v) is 1.22. The molecule has 0 atom stereocenters. The van der Waals surface area contributed by atoms with Gasteiger partial charge in [-0.1, -0.05) is 0 Å². The molecule has 0 unspecified atom stereocenters. The molecule has 21 heavy (non-hydrogen) atoms. The Morgan fingerprint density at radius 2 is 1.81 bits per heavy atom. The monoisotopic (exact) mass is 299 g/mol. The van der Waals surface area contributed by atoms with E-state index in [4.69, 9.17) is 0 Å². The quantitative estimate of drug-likeness (QED) is 0.513. The Morgan fingerprint density at radius 3 is 2.14 bits per heavy atom. The van der Waals surface area contributed by atoms with Gasteiger partial charge in [0.1, 0.15) is 0 Å². The Kier molecular flexibility index (Phi) is 8.13. The van der Waals surface area contributed by atoms with Crippen molar-refractivity contribution in [1.82, 2.24) is 0 Å². The molecule has 0 radical (unpaired) electrons. The van der Waals surface area contributed by atoms with Crippen LogP contribution in [-0.4, -0.2) is 35.2 Å². The van der Waals surface area contributed by atoms with Crippen LogP contribution in [0.5, 0.6) is 5.75 Å². The molecule has 1 aromatic carbocycles. The van der Waals surface area contributed by atoms with Crippen LogP contribution in [0.2, 0.25) is 0 Å². The zero-order chi connectivity index (χ0) is 16.4. The highest BCUT2D eigenvalue weighted by Gasteiger charge is 2.16. The highest BCUT2D eigenvalue weighted by Crippen LogP contribution is 2.26. The van der Waals surface area contributed by atoms with Gasteiger partial charge in [0.25, 0.3) is 0 Å². The van der Waals surface area contributed by atoms with Crippen molar-refractivity contribution in [2.24, 2.45) is 0 Å². The fourth-order valence-electron chi connectivity index (χ4n) is 1.22. The molecule has 0 saturated carbocycles. The predicted octanol–water partition coefficient (Wildman–Crippen LogP) is 2.05. The van der Waals surface area contributed by atoms with Crippen molar-refractivity contribution in [3.05, 3.63) is 33.9 Å². The summed E-state index contributed by atoms with van der Waals surface area (Å²) in [6.07, 6.45) is 0. The third kappa shape index (κ3) is 6.90. The van der Waals surface area contributed by atoms with Crippen molar-refractivity contribution in [1.29, 1.82) is 0 Å². The standard InChI is InChI=1S/C9H9NO5.C4H8O2/c1-2-15-9(12)6-3-4-7(10(13)14)8(11)5-6;1-3-6-4(2)5/h3-5,11H,2H2,1H3;3H2,1-2H3. The predicted molar refractivity (Wildman–Crippen MR) is 73.0 cm³/mol. The van der Waals surface area contributed by atoms with E-state index in [1.165, 1.54) is 13.0 Å². The number of nitrogens with zero attached hydrogens (tertiary/aromatic N) is 1. The van der Waals surface area contributed by atoms with Gasteiger partial charge < -0.3 is 14.6 Å². The van der Waals surface area contributed by atoms with Gasteiger partial charge in [-0.2, -0.15) is 0 Å². The van der Waals surface area contributed by atoms with E-state index in [0.717, 1.165) is 12.1 Å². The van der Waals surface area contributed by atoms with Gasteiger partial charge >= 0.3 is 17.6 Å². The molecule has 0 aliphatic heterocycles. The Labute approximate surface area is 121 Å². The molecule has 0 heterocycles. The topological polar surface area (TPSA) is 116 Å². The lowest BCUT2D eigenvalue weighted by molar-refractivity contribution is -0.385. The average Bonchev–Trinajstić information content (AvgIpc) is 2.38. The number of nitro benzene ring substituents is 1. The molecule has 0 bridgehead atoms. The highest BCUT2D eigenvalue weighted by atomic mass is 16.6. The first-order chi connectivity index (χ1) is 9.83. The molecule has 8 heteroatoms. The molecule has 0 fully saturated rings. The summed E-state index contributed by atoms with van der Waals surface area (Å²) in [5.41, 5.74) is -0.358. The van der Waals surface area contributed by atoms with Crippen LogP contribution < -0.4 is 0 Å². The number of rotatable bonds is 4. The van der Waals surface area contributed by atoms with Gasteiger partial charge in [0, 0.05) is 19.1 Å². The number of ether oxygens (including phenoxy) is 2. The maximum absolute atomic E-state index is 11.2. The fraction of sp³-hybridized carbons (Fsp3) is 0.385. The van der Waals surface area contributed by atoms with Crippen molar-refractivity contribution in [3.8, 4) is 5.75 Å². The number of benzene rings is 1. The summed E-state index contributed by atoms with van der Waals surface area (Å²) in [7, 11) is 0. The zero-order valence-corrected chi connectivity index (χ0v) is 12.0. The summed E-state index contributed by atoms with van der Waals surface area (Å²) < 4.78 is 9.07. The van der Waals surface area contributed by atoms with Crippen molar-refractivity contribution in [2.75, 3.05) is 13.2 Å². The van der Waals surface area contributed by atoms with Crippen molar-refractivity contribution in [2.45, 2.75) is 20.8 Å². The molecule has 1 N–H and O–H groups in total. The summed E-state index contributed by atoms with van der Waals surface area (Å²) >= 11 is 0. The van der Waals surface area contributed by atoms with Crippen LogP contribution in [-0.2, 0) is 14.3 Å². The van der Waals surface area contributed by atoms with Gasteiger partial charge in [0.05, 0.1) is 23.7 Å². The number of phenols is 1. The molecule has 0 aliphatic rings. The maximum Gasteiger partial charge on any atom is 0.338 e. The molecule has 0 aliphatic carbocycles. The van der Waals surface area contributed by atoms with Crippen molar-refractivity contribution >= 4 is 17.6 Å². The van der Waals surface area contributed by atoms with Crippen LogP contribution >= 0.6 is 0 Å². The zero-order valence-electron chi connectivity index (χ0n) is 12.0. The van der Waals surface area contributed by atoms with E-state index in [9.17, 15) is 24.8 Å². The normalized spacial score (nSPS) is 9.10. The molecule has 8 nitrogen and oxygen atoms in total. The Bertz CT molecular complexity index is 513. The van der Waals surface area contributed by atoms with E-state index in [1.807, 2.05) is 0 Å². The van der Waals surface area contributed by atoms with Gasteiger partial charge in [0.2, 0.25) is 0 Å². The molecule has 0 amide bonds. The van der Waals surface area contributed by atoms with Crippen molar-refractivity contribution < 1.29 is 29.1 Å². The third-order valence-electron chi connectivity index (χ3n) is 2.03. The number of hydrogen-bond acceptors (Lipinski definition) is 7. The minimum atomic E-state index is -0.732. The number of hydrogen-bond donors (Lipinski definition) is 1. The third-order valence-corrected chi connectivity index (χ3v) is 2.03. The van der Waals surface area contributed by atoms with Crippen LogP contribution in [0.15, 0.2) is 18.2 Å². The van der Waals surface area contributed by atoms with Gasteiger partial charge in [-0.15, -0.1) is 0 Å². The summed E-state index contributed by atoms with van der Waals surface area (Å²) in [4.78, 5) is 30.6. The lowest BCUT2D eigenvalue weighted by Gasteiger charge is -2.02. The number of nitro groups is 1. The minimum Gasteiger partial charge on any atom is -0.502 e. The first kappa shape index (κ1) is 18.4. The van der Waals surface area contributed by atoms with E-state index in [2.05, 4.69) is 9.47 Å². The summed E-state index contributed by atoms with van der Waals surface area (Å²) in [6, 6.07) is 3.30. The summed E-state index contributed by atoms with van der Waals surface area (Å²) in [5, 5.41) is 19.6. The Balaban J connectivity index is 0.000000567. The Hall–Kier alpha value is -2.64. The van der Waals surface area contributed by atoms with E-state index < -0.39 is 22.3 Å². The van der Waals surface area contributed by atoms with Gasteiger partial charge in [0.15, 0.2) is 5.75 Å². The van der Waals surface area contributed by atoms with Crippen LogP contribution in [0.1, 0.15) is 31.1 Å². The lowest BCUT2D eigenvalue weighted by atomic mass is 10.2. The van der Waals surface area contributed by atoms with Crippen LogP contribution in [0, 0.1) is 10.1 Å². The van der Waals surface area contributed by atoms with E-state index >= 15 is 0 Å². The molecule has 0 saturated heterocycles. The number of esters is 2.